The Kier molecular flexibility index (Phi) is 3.93. The molecule has 1 fully saturated rings. The Hall–Kier alpha value is -2.41. The number of thiophene rings is 1. The molecule has 1 saturated heterocycles. The fraction of sp³-hybridized carbons (Fsp3) is 0.353. The van der Waals surface area contributed by atoms with Crippen LogP contribution in [0.15, 0.2) is 40.5 Å². The van der Waals surface area contributed by atoms with Gasteiger partial charge in [-0.25, -0.2) is 0 Å². The zero-order chi connectivity index (χ0) is 16.5. The molecule has 1 aliphatic heterocycles. The minimum atomic E-state index is -0.0621. The van der Waals surface area contributed by atoms with Crippen molar-refractivity contribution in [2.24, 2.45) is 0 Å². The zero-order valence-electron chi connectivity index (χ0n) is 13.4. The molecule has 0 N–H and O–H groups in total. The fourth-order valence-electron chi connectivity index (χ4n) is 3.13. The van der Waals surface area contributed by atoms with Gasteiger partial charge in [0.15, 0.2) is 11.5 Å². The van der Waals surface area contributed by atoms with E-state index in [0.717, 1.165) is 36.4 Å². The molecule has 1 atom stereocenters. The number of aryl methyl sites for hydroxylation is 1. The highest BCUT2D eigenvalue weighted by atomic mass is 32.1. The molecule has 4 rings (SSSR count). The molecule has 3 aromatic rings. The molecule has 0 aliphatic carbocycles. The molecule has 124 valence electrons. The maximum Gasteiger partial charge on any atom is 0.276 e. The highest BCUT2D eigenvalue weighted by molar-refractivity contribution is 7.13. The SMILES string of the molecule is Cc1cnn(CC2CCCN2C(=O)c2cc(-c3cccs3)on2)c1. The number of aromatic nitrogens is 3. The molecule has 6 nitrogen and oxygen atoms in total. The van der Waals surface area contributed by atoms with Crippen molar-refractivity contribution in [3.63, 3.8) is 0 Å². The van der Waals surface area contributed by atoms with E-state index in [1.165, 1.54) is 0 Å². The van der Waals surface area contributed by atoms with Crippen LogP contribution in [-0.2, 0) is 6.54 Å². The third kappa shape index (κ3) is 2.87. The van der Waals surface area contributed by atoms with Crippen LogP contribution < -0.4 is 0 Å². The highest BCUT2D eigenvalue weighted by Crippen LogP contribution is 2.27. The average Bonchev–Trinajstić information content (AvgIpc) is 3.35. The quantitative estimate of drug-likeness (QED) is 0.730. The predicted molar refractivity (Wildman–Crippen MR) is 90.8 cm³/mol. The van der Waals surface area contributed by atoms with E-state index >= 15 is 0 Å². The van der Waals surface area contributed by atoms with Crippen molar-refractivity contribution in [2.75, 3.05) is 6.54 Å². The van der Waals surface area contributed by atoms with Gasteiger partial charge in [0.05, 0.1) is 23.7 Å². The first-order valence-electron chi connectivity index (χ1n) is 8.01. The Morgan fingerprint density at radius 2 is 2.42 bits per heavy atom. The molecule has 0 saturated carbocycles. The summed E-state index contributed by atoms with van der Waals surface area (Å²) >= 11 is 1.57. The molecule has 0 spiro atoms. The van der Waals surface area contributed by atoms with Gasteiger partial charge < -0.3 is 9.42 Å². The number of likely N-dealkylation sites (tertiary alicyclic amines) is 1. The Morgan fingerprint density at radius 1 is 1.50 bits per heavy atom. The molecule has 0 bridgehead atoms. The van der Waals surface area contributed by atoms with Crippen molar-refractivity contribution in [3.8, 4) is 10.6 Å². The summed E-state index contributed by atoms with van der Waals surface area (Å²) in [7, 11) is 0. The lowest BCUT2D eigenvalue weighted by Gasteiger charge is -2.23. The van der Waals surface area contributed by atoms with Crippen molar-refractivity contribution < 1.29 is 9.32 Å². The summed E-state index contributed by atoms with van der Waals surface area (Å²) in [5, 5.41) is 10.3. The first-order chi connectivity index (χ1) is 11.7. The van der Waals surface area contributed by atoms with Gasteiger partial charge in [-0.3, -0.25) is 9.48 Å². The standard InChI is InChI=1S/C17H18N4O2S/c1-12-9-18-20(10-12)11-13-4-2-6-21(13)17(22)14-8-15(23-19-14)16-5-3-7-24-16/h3,5,7-10,13H,2,4,6,11H2,1H3. The average molecular weight is 342 g/mol. The maximum atomic E-state index is 12.8. The van der Waals surface area contributed by atoms with E-state index in [1.54, 1.807) is 17.4 Å². The molecule has 7 heteroatoms. The van der Waals surface area contributed by atoms with Gasteiger partial charge >= 0.3 is 0 Å². The van der Waals surface area contributed by atoms with Gasteiger partial charge in [-0.05, 0) is 36.8 Å². The van der Waals surface area contributed by atoms with Crippen LogP contribution >= 0.6 is 11.3 Å². The van der Waals surface area contributed by atoms with Crippen molar-refractivity contribution in [3.05, 3.63) is 47.2 Å². The second-order valence-electron chi connectivity index (χ2n) is 6.09. The second-order valence-corrected chi connectivity index (χ2v) is 7.04. The highest BCUT2D eigenvalue weighted by Gasteiger charge is 2.31. The number of hydrogen-bond donors (Lipinski definition) is 0. The number of rotatable bonds is 4. The van der Waals surface area contributed by atoms with Crippen molar-refractivity contribution in [1.29, 1.82) is 0 Å². The maximum absolute atomic E-state index is 12.8. The van der Waals surface area contributed by atoms with Crippen molar-refractivity contribution in [1.82, 2.24) is 19.8 Å². The van der Waals surface area contributed by atoms with Gasteiger partial charge in [0.1, 0.15) is 0 Å². The normalized spacial score (nSPS) is 17.5. The Bertz CT molecular complexity index is 837. The number of amides is 1. The Balaban J connectivity index is 1.50. The van der Waals surface area contributed by atoms with Crippen LogP contribution in [-0.4, -0.2) is 38.3 Å². The van der Waals surface area contributed by atoms with E-state index in [-0.39, 0.29) is 11.9 Å². The lowest BCUT2D eigenvalue weighted by Crippen LogP contribution is -2.38. The zero-order valence-corrected chi connectivity index (χ0v) is 14.2. The van der Waals surface area contributed by atoms with Crippen LogP contribution in [0.1, 0.15) is 28.9 Å². The molecule has 0 radical (unpaired) electrons. The third-order valence-electron chi connectivity index (χ3n) is 4.29. The molecule has 1 amide bonds. The van der Waals surface area contributed by atoms with E-state index < -0.39 is 0 Å². The van der Waals surface area contributed by atoms with Gasteiger partial charge in [-0.2, -0.15) is 5.10 Å². The number of nitrogens with zero attached hydrogens (tertiary/aromatic N) is 4. The van der Waals surface area contributed by atoms with Gasteiger partial charge in [-0.15, -0.1) is 11.3 Å². The Morgan fingerprint density at radius 3 is 3.17 bits per heavy atom. The summed E-state index contributed by atoms with van der Waals surface area (Å²) in [5.74, 6) is 0.583. The molecular weight excluding hydrogens is 324 g/mol. The molecule has 24 heavy (non-hydrogen) atoms. The van der Waals surface area contributed by atoms with E-state index in [9.17, 15) is 4.79 Å². The van der Waals surface area contributed by atoms with E-state index in [0.29, 0.717) is 11.5 Å². The predicted octanol–water partition coefficient (Wildman–Crippen LogP) is 3.21. The van der Waals surface area contributed by atoms with Crippen LogP contribution in [0.3, 0.4) is 0 Å². The summed E-state index contributed by atoms with van der Waals surface area (Å²) < 4.78 is 7.25. The van der Waals surface area contributed by atoms with E-state index in [4.69, 9.17) is 4.52 Å². The smallest absolute Gasteiger partial charge is 0.276 e. The Labute approximate surface area is 143 Å². The van der Waals surface area contributed by atoms with Gasteiger partial charge in [0, 0.05) is 18.8 Å². The van der Waals surface area contributed by atoms with Crippen LogP contribution in [0, 0.1) is 6.92 Å². The monoisotopic (exact) mass is 342 g/mol. The summed E-state index contributed by atoms with van der Waals surface area (Å²) in [6, 6.07) is 5.80. The third-order valence-corrected chi connectivity index (χ3v) is 5.18. The molecule has 4 heterocycles. The van der Waals surface area contributed by atoms with Gasteiger partial charge in [0.2, 0.25) is 0 Å². The van der Waals surface area contributed by atoms with Crippen molar-refractivity contribution in [2.45, 2.75) is 32.4 Å². The van der Waals surface area contributed by atoms with E-state index in [1.807, 2.05) is 46.4 Å². The van der Waals surface area contributed by atoms with Gasteiger partial charge in [-0.1, -0.05) is 11.2 Å². The van der Waals surface area contributed by atoms with Crippen LogP contribution in [0.2, 0.25) is 0 Å². The molecule has 1 unspecified atom stereocenters. The van der Waals surface area contributed by atoms with Crippen LogP contribution in [0.4, 0.5) is 0 Å². The summed E-state index contributed by atoms with van der Waals surface area (Å²) in [6.45, 7) is 3.49. The van der Waals surface area contributed by atoms with E-state index in [2.05, 4.69) is 10.3 Å². The first-order valence-corrected chi connectivity index (χ1v) is 8.89. The molecular formula is C17H18N4O2S. The van der Waals surface area contributed by atoms with Crippen LogP contribution in [0.25, 0.3) is 10.6 Å². The summed E-state index contributed by atoms with van der Waals surface area (Å²) in [6.07, 6.45) is 5.84. The minimum Gasteiger partial charge on any atom is -0.355 e. The largest absolute Gasteiger partial charge is 0.355 e. The summed E-state index contributed by atoms with van der Waals surface area (Å²) in [5.41, 5.74) is 1.50. The molecule has 1 aliphatic rings. The molecule has 0 aromatic carbocycles. The number of hydrogen-bond acceptors (Lipinski definition) is 5. The van der Waals surface area contributed by atoms with Crippen LogP contribution in [0.5, 0.6) is 0 Å². The molecule has 3 aromatic heterocycles. The minimum absolute atomic E-state index is 0.0621. The fourth-order valence-corrected chi connectivity index (χ4v) is 3.81. The lowest BCUT2D eigenvalue weighted by atomic mass is 10.2. The number of carbonyl (C=O) groups excluding carboxylic acids is 1. The lowest BCUT2D eigenvalue weighted by molar-refractivity contribution is 0.0711. The topological polar surface area (TPSA) is 64.2 Å². The van der Waals surface area contributed by atoms with Gasteiger partial charge in [0.25, 0.3) is 5.91 Å². The number of carbonyl (C=O) groups is 1. The second kappa shape index (κ2) is 6.24. The van der Waals surface area contributed by atoms with Crippen molar-refractivity contribution >= 4 is 17.2 Å². The first kappa shape index (κ1) is 15.1. The summed E-state index contributed by atoms with van der Waals surface area (Å²) in [4.78, 5) is 15.7.